The van der Waals surface area contributed by atoms with Crippen molar-refractivity contribution >= 4 is 15.9 Å². The van der Waals surface area contributed by atoms with Crippen molar-refractivity contribution in [1.29, 1.82) is 0 Å². The van der Waals surface area contributed by atoms with E-state index in [1.807, 2.05) is 0 Å². The van der Waals surface area contributed by atoms with Crippen LogP contribution in [0, 0.1) is 0 Å². The summed E-state index contributed by atoms with van der Waals surface area (Å²) in [4.78, 5) is 1.62. The second kappa shape index (κ2) is 4.18. The molecule has 0 aromatic carbocycles. The van der Waals surface area contributed by atoms with Crippen LogP contribution in [0.5, 0.6) is 0 Å². The normalized spacial score (nSPS) is 10.0. The van der Waals surface area contributed by atoms with Crippen LogP contribution in [0.2, 0.25) is 0 Å². The minimum Gasteiger partial charge on any atom is -0.392 e. The average Bonchev–Trinajstić information content (AvgIpc) is 1.41. The summed E-state index contributed by atoms with van der Waals surface area (Å²) in [6, 6.07) is 0. The third-order valence-electron chi connectivity index (χ3n) is 0.194. The Kier molecular flexibility index (Phi) is 4.33. The van der Waals surface area contributed by atoms with E-state index >= 15 is 0 Å². The van der Waals surface area contributed by atoms with Crippen LogP contribution in [0.1, 0.15) is 0 Å². The Balaban J connectivity index is 2.62. The lowest BCUT2D eigenvalue weighted by atomic mass is 10.7. The van der Waals surface area contributed by atoms with Crippen LogP contribution < -0.4 is 0 Å². The number of halogens is 1. The van der Waals surface area contributed by atoms with Crippen LogP contribution in [0.3, 0.4) is 0 Å². The van der Waals surface area contributed by atoms with Gasteiger partial charge in [-0.15, -0.1) is 0 Å². The van der Waals surface area contributed by atoms with Gasteiger partial charge >= 0.3 is 0 Å². The monoisotopic (exact) mass is 136 g/mol. The molecule has 0 aromatic rings. The molecule has 0 saturated heterocycles. The predicted molar refractivity (Wildman–Crippen MR) is 25.2 cm³/mol. The molecule has 30 valence electrons. The maximum absolute atomic E-state index is 7.95. The quantitative estimate of drug-likeness (QED) is 0.568. The minimum atomic E-state index is 0.116. The van der Waals surface area contributed by atoms with Crippen LogP contribution in [0.4, 0.5) is 0 Å². The molecule has 0 aliphatic heterocycles. The second-order valence-electron chi connectivity index (χ2n) is 0.544. The predicted octanol–water partition coefficient (Wildman–Crippen LogP) is 0.887. The van der Waals surface area contributed by atoms with Gasteiger partial charge in [0.25, 0.3) is 0 Å². The second-order valence-corrected chi connectivity index (χ2v) is 1.07. The van der Waals surface area contributed by atoms with Gasteiger partial charge in [-0.05, 0) is 4.99 Å². The van der Waals surface area contributed by atoms with Gasteiger partial charge < -0.3 is 5.11 Å². The van der Waals surface area contributed by atoms with Crippen LogP contribution in [0.15, 0.2) is 11.1 Å². The molecule has 0 atom stereocenters. The summed E-state index contributed by atoms with van der Waals surface area (Å²) in [5.74, 6) is 0. The van der Waals surface area contributed by atoms with Gasteiger partial charge in [-0.2, -0.15) is 0 Å². The summed E-state index contributed by atoms with van der Waals surface area (Å²) in [7, 11) is 0. The Bertz CT molecular complexity index is 33.9. The summed E-state index contributed by atoms with van der Waals surface area (Å²) >= 11 is 2.97. The molecule has 0 bridgehead atoms. The fourth-order valence-electron chi connectivity index (χ4n) is 0.0398. The zero-order chi connectivity index (χ0) is 4.12. The van der Waals surface area contributed by atoms with Crippen molar-refractivity contribution in [2.75, 3.05) is 6.61 Å². The molecule has 0 rings (SSSR count). The van der Waals surface area contributed by atoms with E-state index in [0.29, 0.717) is 0 Å². The van der Waals surface area contributed by atoms with E-state index in [1.165, 1.54) is 0 Å². The highest BCUT2D eigenvalue weighted by atomic mass is 79.9. The maximum Gasteiger partial charge on any atom is 0.0620 e. The number of hydrogen-bond acceptors (Lipinski definition) is 1. The maximum atomic E-state index is 7.95. The third-order valence-corrected chi connectivity index (χ3v) is 0.568. The fraction of sp³-hybridized carbons (Fsp3) is 0.333. The molecule has 0 spiro atoms. The molecule has 0 saturated carbocycles. The van der Waals surface area contributed by atoms with Gasteiger partial charge in [0.2, 0.25) is 0 Å². The van der Waals surface area contributed by atoms with E-state index in [0.717, 1.165) is 0 Å². The van der Waals surface area contributed by atoms with E-state index < -0.39 is 0 Å². The van der Waals surface area contributed by atoms with Gasteiger partial charge in [-0.25, -0.2) is 0 Å². The molecule has 0 aliphatic rings. The van der Waals surface area contributed by atoms with E-state index in [9.17, 15) is 0 Å². The number of aliphatic hydroxyl groups is 1. The lowest BCUT2D eigenvalue weighted by Gasteiger charge is -1.65. The summed E-state index contributed by atoms with van der Waals surface area (Å²) in [5, 5.41) is 7.95. The first-order valence-electron chi connectivity index (χ1n) is 1.28. The highest BCUT2D eigenvalue weighted by molar-refractivity contribution is 9.11. The molecule has 0 amide bonds. The fourth-order valence-corrected chi connectivity index (χ4v) is 0.207. The Morgan fingerprint density at radius 1 is 1.80 bits per heavy atom. The smallest absolute Gasteiger partial charge is 0.0620 e. The molecular formula is C3H5BrO. The van der Waals surface area contributed by atoms with Crippen LogP contribution >= 0.6 is 15.9 Å². The van der Waals surface area contributed by atoms with Crippen molar-refractivity contribution in [2.24, 2.45) is 0 Å². The molecular weight excluding hydrogens is 132 g/mol. The first kappa shape index (κ1) is 5.18. The Morgan fingerprint density at radius 2 is 2.40 bits per heavy atom. The van der Waals surface area contributed by atoms with E-state index in [1.54, 1.807) is 11.1 Å². The standard InChI is InChI=1S/C3H5BrO/c4-2-1-3-5/h1-2,5H,3H2/b2-1-. The first-order chi connectivity index (χ1) is 2.41. The van der Waals surface area contributed by atoms with Gasteiger partial charge in [-0.1, -0.05) is 22.0 Å². The van der Waals surface area contributed by atoms with Crippen molar-refractivity contribution in [3.05, 3.63) is 11.1 Å². The molecule has 0 heterocycles. The third kappa shape index (κ3) is 4.18. The van der Waals surface area contributed by atoms with Gasteiger partial charge in [0.1, 0.15) is 0 Å². The molecule has 0 unspecified atom stereocenters. The van der Waals surface area contributed by atoms with Crippen LogP contribution in [-0.4, -0.2) is 11.7 Å². The number of hydrogen-bond donors (Lipinski definition) is 1. The molecule has 2 heteroatoms. The van der Waals surface area contributed by atoms with Gasteiger partial charge in [0.15, 0.2) is 0 Å². The molecule has 5 heavy (non-hydrogen) atoms. The van der Waals surface area contributed by atoms with E-state index in [2.05, 4.69) is 15.9 Å². The highest BCUT2D eigenvalue weighted by Gasteiger charge is 1.54. The van der Waals surface area contributed by atoms with Crippen molar-refractivity contribution in [1.82, 2.24) is 0 Å². The zero-order valence-corrected chi connectivity index (χ0v) is 4.27. The SMILES string of the molecule is OC/C=C\Br. The zero-order valence-electron chi connectivity index (χ0n) is 2.69. The van der Waals surface area contributed by atoms with Crippen LogP contribution in [-0.2, 0) is 0 Å². The largest absolute Gasteiger partial charge is 0.392 e. The van der Waals surface area contributed by atoms with Crippen molar-refractivity contribution in [2.45, 2.75) is 0 Å². The van der Waals surface area contributed by atoms with Crippen LogP contribution in [0.25, 0.3) is 0 Å². The van der Waals surface area contributed by atoms with Crippen molar-refractivity contribution < 1.29 is 5.11 Å². The summed E-state index contributed by atoms with van der Waals surface area (Å²) in [6.07, 6.45) is 1.60. The lowest BCUT2D eigenvalue weighted by Crippen LogP contribution is -1.64. The van der Waals surface area contributed by atoms with Gasteiger partial charge in [0, 0.05) is 0 Å². The number of rotatable bonds is 1. The lowest BCUT2D eigenvalue weighted by molar-refractivity contribution is 0.343. The van der Waals surface area contributed by atoms with E-state index in [4.69, 9.17) is 5.11 Å². The highest BCUT2D eigenvalue weighted by Crippen LogP contribution is 1.77. The topological polar surface area (TPSA) is 20.2 Å². The Labute approximate surface area is 39.4 Å². The van der Waals surface area contributed by atoms with Gasteiger partial charge in [-0.3, -0.25) is 0 Å². The van der Waals surface area contributed by atoms with Crippen molar-refractivity contribution in [3.8, 4) is 0 Å². The molecule has 1 nitrogen and oxygen atoms in total. The molecule has 0 fully saturated rings. The van der Waals surface area contributed by atoms with Gasteiger partial charge in [0.05, 0.1) is 6.61 Å². The van der Waals surface area contributed by atoms with E-state index in [-0.39, 0.29) is 6.61 Å². The summed E-state index contributed by atoms with van der Waals surface area (Å²) in [6.45, 7) is 0.116. The molecule has 0 aliphatic carbocycles. The molecule has 0 aromatic heterocycles. The minimum absolute atomic E-state index is 0.116. The molecule has 1 N–H and O–H groups in total. The first-order valence-corrected chi connectivity index (χ1v) is 2.19. The summed E-state index contributed by atoms with van der Waals surface area (Å²) < 4.78 is 0. The van der Waals surface area contributed by atoms with Crippen molar-refractivity contribution in [3.63, 3.8) is 0 Å². The summed E-state index contributed by atoms with van der Waals surface area (Å²) in [5.41, 5.74) is 0. The average molecular weight is 137 g/mol. The Morgan fingerprint density at radius 3 is 2.40 bits per heavy atom. The Hall–Kier alpha value is 0.180. The molecule has 0 radical (unpaired) electrons. The number of aliphatic hydroxyl groups excluding tert-OH is 1.